The molecule has 1 aromatic carbocycles. The van der Waals surface area contributed by atoms with Gasteiger partial charge in [-0.25, -0.2) is 4.98 Å². The monoisotopic (exact) mass is 366 g/mol. The van der Waals surface area contributed by atoms with Crippen LogP contribution in [-0.2, 0) is 0 Å². The average molecular weight is 367 g/mol. The van der Waals surface area contributed by atoms with Crippen molar-refractivity contribution in [2.45, 2.75) is 25.8 Å². The lowest BCUT2D eigenvalue weighted by molar-refractivity contribution is 0.103. The van der Waals surface area contributed by atoms with E-state index in [2.05, 4.69) is 31.5 Å². The molecule has 0 bridgehead atoms. The number of thiazole rings is 1. The second-order valence-electron chi connectivity index (χ2n) is 5.07. The number of rotatable bonds is 4. The molecule has 0 radical (unpaired) electrons. The molecule has 0 atom stereocenters. The fourth-order valence-corrected chi connectivity index (χ4v) is 3.24. The van der Waals surface area contributed by atoms with Crippen LogP contribution in [0, 0.1) is 6.92 Å². The minimum Gasteiger partial charge on any atom is -0.382 e. The zero-order valence-corrected chi connectivity index (χ0v) is 13.8. The fraction of sp³-hybridized carbons (Fsp3) is 0.286. The van der Waals surface area contributed by atoms with Crippen LogP contribution in [0.15, 0.2) is 22.7 Å². The summed E-state index contributed by atoms with van der Waals surface area (Å²) in [6.07, 6.45) is 2.30. The fourth-order valence-electron chi connectivity index (χ4n) is 1.91. The molecule has 3 rings (SSSR count). The first-order valence-electron chi connectivity index (χ1n) is 6.63. The van der Waals surface area contributed by atoms with E-state index in [1.54, 1.807) is 0 Å². The summed E-state index contributed by atoms with van der Waals surface area (Å²) in [4.78, 5) is 17.0. The Hall–Kier alpha value is -1.60. The smallest absolute Gasteiger partial charge is 0.269 e. The molecule has 7 heteroatoms. The van der Waals surface area contributed by atoms with Gasteiger partial charge in [0.15, 0.2) is 5.13 Å². The number of nitrogens with one attached hydrogen (secondary N) is 2. The van der Waals surface area contributed by atoms with Crippen molar-refractivity contribution in [1.82, 2.24) is 4.98 Å². The first-order chi connectivity index (χ1) is 10.0. The molecular formula is C14H15BrN4OS. The summed E-state index contributed by atoms with van der Waals surface area (Å²) in [6.45, 7) is 1.94. The minimum atomic E-state index is -0.223. The molecule has 1 aliphatic rings. The van der Waals surface area contributed by atoms with Gasteiger partial charge in [0.1, 0.15) is 10.7 Å². The van der Waals surface area contributed by atoms with Crippen molar-refractivity contribution in [3.8, 4) is 0 Å². The third kappa shape index (κ3) is 3.36. The molecule has 0 spiro atoms. The van der Waals surface area contributed by atoms with Gasteiger partial charge in [-0.05, 0) is 43.5 Å². The van der Waals surface area contributed by atoms with E-state index in [0.717, 1.165) is 28.6 Å². The number of nitrogens with two attached hydrogens (primary N) is 1. The SMILES string of the molecule is Cc1cc(Br)ccc1NC(=O)c1sc(NC2CC2)nc1N. The highest BCUT2D eigenvalue weighted by molar-refractivity contribution is 9.10. The van der Waals surface area contributed by atoms with E-state index < -0.39 is 0 Å². The molecular weight excluding hydrogens is 352 g/mol. The van der Waals surface area contributed by atoms with Crippen molar-refractivity contribution in [2.75, 3.05) is 16.4 Å². The molecule has 0 unspecified atom stereocenters. The summed E-state index contributed by atoms with van der Waals surface area (Å²) in [7, 11) is 0. The third-order valence-corrected chi connectivity index (χ3v) is 4.70. The van der Waals surface area contributed by atoms with E-state index in [0.29, 0.717) is 16.1 Å². The molecule has 2 aromatic rings. The normalized spacial score (nSPS) is 14.0. The second kappa shape index (κ2) is 5.65. The van der Waals surface area contributed by atoms with Crippen LogP contribution in [0.3, 0.4) is 0 Å². The van der Waals surface area contributed by atoms with Crippen molar-refractivity contribution in [3.05, 3.63) is 33.1 Å². The first kappa shape index (κ1) is 14.3. The number of amides is 1. The van der Waals surface area contributed by atoms with Gasteiger partial charge in [0.25, 0.3) is 5.91 Å². The molecule has 0 saturated heterocycles. The van der Waals surface area contributed by atoms with Crippen LogP contribution < -0.4 is 16.4 Å². The van der Waals surface area contributed by atoms with Gasteiger partial charge in [0.2, 0.25) is 0 Å². The Morgan fingerprint density at radius 3 is 2.90 bits per heavy atom. The van der Waals surface area contributed by atoms with E-state index >= 15 is 0 Å². The average Bonchev–Trinajstić information content (AvgIpc) is 3.15. The van der Waals surface area contributed by atoms with Gasteiger partial charge in [0, 0.05) is 16.2 Å². The molecule has 1 heterocycles. The summed E-state index contributed by atoms with van der Waals surface area (Å²) in [5, 5.41) is 6.85. The van der Waals surface area contributed by atoms with Crippen LogP contribution in [0.2, 0.25) is 0 Å². The number of hydrogen-bond donors (Lipinski definition) is 3. The summed E-state index contributed by atoms with van der Waals surface area (Å²) in [6, 6.07) is 6.18. The van der Waals surface area contributed by atoms with Gasteiger partial charge in [-0.1, -0.05) is 27.3 Å². The Morgan fingerprint density at radius 2 is 2.24 bits per heavy atom. The van der Waals surface area contributed by atoms with Gasteiger partial charge in [-0.3, -0.25) is 4.79 Å². The quantitative estimate of drug-likeness (QED) is 0.771. The highest BCUT2D eigenvalue weighted by atomic mass is 79.9. The lowest BCUT2D eigenvalue weighted by atomic mass is 10.2. The summed E-state index contributed by atoms with van der Waals surface area (Å²) >= 11 is 4.70. The third-order valence-electron chi connectivity index (χ3n) is 3.20. The second-order valence-corrected chi connectivity index (χ2v) is 6.98. The molecule has 1 aromatic heterocycles. The number of aromatic nitrogens is 1. The Labute approximate surface area is 135 Å². The van der Waals surface area contributed by atoms with Crippen LogP contribution >= 0.6 is 27.3 Å². The number of carbonyl (C=O) groups excluding carboxylic acids is 1. The largest absolute Gasteiger partial charge is 0.382 e. The minimum absolute atomic E-state index is 0.223. The highest BCUT2D eigenvalue weighted by Crippen LogP contribution is 2.31. The Balaban J connectivity index is 1.76. The van der Waals surface area contributed by atoms with Crippen molar-refractivity contribution in [3.63, 3.8) is 0 Å². The van der Waals surface area contributed by atoms with E-state index in [1.165, 1.54) is 11.3 Å². The van der Waals surface area contributed by atoms with Crippen LogP contribution in [0.25, 0.3) is 0 Å². The molecule has 21 heavy (non-hydrogen) atoms. The molecule has 5 nitrogen and oxygen atoms in total. The standard InChI is InChI=1S/C14H15BrN4OS/c1-7-6-8(15)2-5-10(7)18-13(20)11-12(16)19-14(21-11)17-9-3-4-9/h2,5-6,9H,3-4,16H2,1H3,(H,17,19)(H,18,20). The number of nitrogen functional groups attached to an aromatic ring is 1. The molecule has 1 amide bonds. The number of aryl methyl sites for hydroxylation is 1. The van der Waals surface area contributed by atoms with Gasteiger partial charge < -0.3 is 16.4 Å². The highest BCUT2D eigenvalue weighted by Gasteiger charge is 2.24. The van der Waals surface area contributed by atoms with E-state index in [1.807, 2.05) is 25.1 Å². The maximum absolute atomic E-state index is 12.3. The van der Waals surface area contributed by atoms with Crippen LogP contribution in [-0.4, -0.2) is 16.9 Å². The van der Waals surface area contributed by atoms with Crippen LogP contribution in [0.1, 0.15) is 28.1 Å². The first-order valence-corrected chi connectivity index (χ1v) is 8.24. The van der Waals surface area contributed by atoms with Crippen LogP contribution in [0.5, 0.6) is 0 Å². The number of hydrogen-bond acceptors (Lipinski definition) is 5. The number of nitrogens with zero attached hydrogens (tertiary/aromatic N) is 1. The maximum Gasteiger partial charge on any atom is 0.269 e. The Kier molecular flexibility index (Phi) is 3.86. The molecule has 0 aliphatic heterocycles. The maximum atomic E-state index is 12.3. The predicted octanol–water partition coefficient (Wildman–Crippen LogP) is 3.62. The molecule has 1 aliphatic carbocycles. The van der Waals surface area contributed by atoms with Gasteiger partial charge in [0.05, 0.1) is 0 Å². The molecule has 110 valence electrons. The number of benzene rings is 1. The zero-order chi connectivity index (χ0) is 15.0. The Morgan fingerprint density at radius 1 is 1.48 bits per heavy atom. The lowest BCUT2D eigenvalue weighted by Crippen LogP contribution is -2.13. The van der Waals surface area contributed by atoms with E-state index in [9.17, 15) is 4.79 Å². The molecule has 1 fully saturated rings. The summed E-state index contributed by atoms with van der Waals surface area (Å²) in [5.41, 5.74) is 7.60. The lowest BCUT2D eigenvalue weighted by Gasteiger charge is -2.07. The van der Waals surface area contributed by atoms with Crippen molar-refractivity contribution in [2.24, 2.45) is 0 Å². The van der Waals surface area contributed by atoms with Gasteiger partial charge >= 0.3 is 0 Å². The van der Waals surface area contributed by atoms with Crippen molar-refractivity contribution in [1.29, 1.82) is 0 Å². The number of halogens is 1. The predicted molar refractivity (Wildman–Crippen MR) is 90.0 cm³/mol. The summed E-state index contributed by atoms with van der Waals surface area (Å²) < 4.78 is 0.978. The van der Waals surface area contributed by atoms with Crippen molar-refractivity contribution >= 4 is 49.8 Å². The summed E-state index contributed by atoms with van der Waals surface area (Å²) in [5.74, 6) is 0.0506. The molecule has 4 N–H and O–H groups in total. The van der Waals surface area contributed by atoms with Gasteiger partial charge in [-0.15, -0.1) is 0 Å². The Bertz CT molecular complexity index is 696. The number of anilines is 3. The van der Waals surface area contributed by atoms with Crippen molar-refractivity contribution < 1.29 is 4.79 Å². The van der Waals surface area contributed by atoms with E-state index in [4.69, 9.17) is 5.73 Å². The van der Waals surface area contributed by atoms with E-state index in [-0.39, 0.29) is 11.7 Å². The van der Waals surface area contributed by atoms with Gasteiger partial charge in [-0.2, -0.15) is 0 Å². The topological polar surface area (TPSA) is 80.0 Å². The van der Waals surface area contributed by atoms with Crippen LogP contribution in [0.4, 0.5) is 16.6 Å². The molecule has 1 saturated carbocycles. The number of carbonyl (C=O) groups is 1. The zero-order valence-electron chi connectivity index (χ0n) is 11.4.